The third-order valence-corrected chi connectivity index (χ3v) is 2.07. The number of aliphatic hydroxyl groups is 1. The highest BCUT2D eigenvalue weighted by Crippen LogP contribution is 2.25. The number of carbonyl (C=O) groups is 3. The van der Waals surface area contributed by atoms with Crippen molar-refractivity contribution in [2.45, 2.75) is 25.4 Å². The van der Waals surface area contributed by atoms with Gasteiger partial charge in [0.05, 0.1) is 12.3 Å². The average Bonchev–Trinajstić information content (AvgIpc) is 2.02. The van der Waals surface area contributed by atoms with Crippen molar-refractivity contribution in [3.63, 3.8) is 0 Å². The van der Waals surface area contributed by atoms with Crippen LogP contribution in [0, 0.1) is 5.92 Å². The molecule has 0 aromatic carbocycles. The summed E-state index contributed by atoms with van der Waals surface area (Å²) in [6, 6.07) is 0. The molecule has 0 aromatic rings. The molecule has 2 atom stereocenters. The fraction of sp³-hybridized carbons (Fsp3) is 0.625. The smallest absolute Gasteiger partial charge is 0.337 e. The summed E-state index contributed by atoms with van der Waals surface area (Å²) in [5, 5.41) is 35.2. The van der Waals surface area contributed by atoms with Crippen molar-refractivity contribution in [3.8, 4) is 0 Å². The van der Waals surface area contributed by atoms with Crippen LogP contribution in [0.4, 0.5) is 0 Å². The predicted molar refractivity (Wildman–Crippen MR) is 46.3 cm³/mol. The lowest BCUT2D eigenvalue weighted by atomic mass is 9.83. The number of hydrogen-bond acceptors (Lipinski definition) is 4. The molecular formula is C8H12O7. The molecule has 0 aliphatic carbocycles. The fourth-order valence-electron chi connectivity index (χ4n) is 1.29. The minimum absolute atomic E-state index is 0.175. The highest BCUT2D eigenvalue weighted by atomic mass is 16.4. The third kappa shape index (κ3) is 2.91. The van der Waals surface area contributed by atoms with Crippen LogP contribution in [-0.4, -0.2) is 43.9 Å². The summed E-state index contributed by atoms with van der Waals surface area (Å²) in [6.07, 6.45) is -1.32. The standard InChI is InChI=1S/C8H12O7/c1-2-4(6(11)12)8(15,7(13)14)3-5(9)10/h4,15H,2-3H2,1H3,(H,9,10)(H,11,12)(H,13,14). The molecule has 0 aliphatic rings. The minimum Gasteiger partial charge on any atom is -0.481 e. The number of carboxylic acid groups (broad SMARTS) is 3. The first-order valence-electron chi connectivity index (χ1n) is 4.16. The molecule has 0 amide bonds. The second-order valence-electron chi connectivity index (χ2n) is 3.10. The van der Waals surface area contributed by atoms with E-state index in [9.17, 15) is 19.5 Å². The Kier molecular flexibility index (Phi) is 4.22. The van der Waals surface area contributed by atoms with Crippen molar-refractivity contribution in [1.82, 2.24) is 0 Å². The quantitative estimate of drug-likeness (QED) is 0.469. The van der Waals surface area contributed by atoms with Crippen molar-refractivity contribution < 1.29 is 34.8 Å². The molecule has 15 heavy (non-hydrogen) atoms. The van der Waals surface area contributed by atoms with E-state index in [-0.39, 0.29) is 6.42 Å². The first-order chi connectivity index (χ1) is 6.75. The summed E-state index contributed by atoms with van der Waals surface area (Å²) in [6.45, 7) is 1.36. The molecule has 4 N–H and O–H groups in total. The lowest BCUT2D eigenvalue weighted by Gasteiger charge is -2.27. The minimum atomic E-state index is -2.77. The third-order valence-electron chi connectivity index (χ3n) is 2.07. The topological polar surface area (TPSA) is 132 Å². The van der Waals surface area contributed by atoms with Crippen LogP contribution in [0.15, 0.2) is 0 Å². The number of rotatable bonds is 6. The largest absolute Gasteiger partial charge is 0.481 e. The van der Waals surface area contributed by atoms with Crippen LogP contribution in [0.2, 0.25) is 0 Å². The predicted octanol–water partition coefficient (Wildman–Crippen LogP) is -0.612. The van der Waals surface area contributed by atoms with Gasteiger partial charge in [0.25, 0.3) is 0 Å². The van der Waals surface area contributed by atoms with Crippen LogP contribution in [0.25, 0.3) is 0 Å². The molecule has 0 fully saturated rings. The van der Waals surface area contributed by atoms with Gasteiger partial charge in [0.2, 0.25) is 0 Å². The molecule has 7 nitrogen and oxygen atoms in total. The lowest BCUT2D eigenvalue weighted by Crippen LogP contribution is -2.50. The van der Waals surface area contributed by atoms with Gasteiger partial charge in [0.15, 0.2) is 5.60 Å². The molecule has 0 aromatic heterocycles. The zero-order valence-electron chi connectivity index (χ0n) is 8.01. The van der Waals surface area contributed by atoms with E-state index < -0.39 is 35.8 Å². The van der Waals surface area contributed by atoms with Crippen LogP contribution in [0.5, 0.6) is 0 Å². The van der Waals surface area contributed by atoms with Gasteiger partial charge in [-0.1, -0.05) is 6.92 Å². The molecule has 2 unspecified atom stereocenters. The van der Waals surface area contributed by atoms with Crippen LogP contribution in [0.3, 0.4) is 0 Å². The zero-order chi connectivity index (χ0) is 12.2. The second kappa shape index (κ2) is 4.74. The molecule has 86 valence electrons. The second-order valence-corrected chi connectivity index (χ2v) is 3.10. The zero-order valence-corrected chi connectivity index (χ0v) is 8.01. The lowest BCUT2D eigenvalue weighted by molar-refractivity contribution is -0.179. The van der Waals surface area contributed by atoms with Crippen molar-refractivity contribution in [2.75, 3.05) is 0 Å². The monoisotopic (exact) mass is 220 g/mol. The Morgan fingerprint density at radius 2 is 1.67 bits per heavy atom. The Balaban J connectivity index is 5.15. The molecule has 0 saturated carbocycles. The molecule has 0 spiro atoms. The van der Waals surface area contributed by atoms with E-state index in [1.165, 1.54) is 6.92 Å². The molecular weight excluding hydrogens is 208 g/mol. The van der Waals surface area contributed by atoms with Gasteiger partial charge in [-0.05, 0) is 6.42 Å². The van der Waals surface area contributed by atoms with E-state index >= 15 is 0 Å². The van der Waals surface area contributed by atoms with E-state index in [4.69, 9.17) is 15.3 Å². The van der Waals surface area contributed by atoms with Gasteiger partial charge < -0.3 is 20.4 Å². The molecule has 7 heteroatoms. The van der Waals surface area contributed by atoms with Gasteiger partial charge in [-0.3, -0.25) is 9.59 Å². The van der Waals surface area contributed by atoms with Crippen molar-refractivity contribution in [3.05, 3.63) is 0 Å². The van der Waals surface area contributed by atoms with E-state index in [1.807, 2.05) is 0 Å². The van der Waals surface area contributed by atoms with Crippen molar-refractivity contribution in [2.24, 2.45) is 5.92 Å². The summed E-state index contributed by atoms with van der Waals surface area (Å²) < 4.78 is 0. The van der Waals surface area contributed by atoms with E-state index in [0.717, 1.165) is 0 Å². The van der Waals surface area contributed by atoms with Crippen LogP contribution in [-0.2, 0) is 14.4 Å². The van der Waals surface area contributed by atoms with Crippen LogP contribution >= 0.6 is 0 Å². The summed E-state index contributed by atoms with van der Waals surface area (Å²) >= 11 is 0. The highest BCUT2D eigenvalue weighted by molar-refractivity contribution is 5.89. The van der Waals surface area contributed by atoms with Gasteiger partial charge in [-0.15, -0.1) is 0 Å². The molecule has 0 bridgehead atoms. The van der Waals surface area contributed by atoms with E-state index in [2.05, 4.69) is 0 Å². The number of carboxylic acids is 3. The van der Waals surface area contributed by atoms with Gasteiger partial charge >= 0.3 is 17.9 Å². The normalized spacial score (nSPS) is 16.4. The van der Waals surface area contributed by atoms with Crippen LogP contribution in [0.1, 0.15) is 19.8 Å². The van der Waals surface area contributed by atoms with Gasteiger partial charge in [-0.2, -0.15) is 0 Å². The van der Waals surface area contributed by atoms with Crippen LogP contribution < -0.4 is 0 Å². The highest BCUT2D eigenvalue weighted by Gasteiger charge is 2.49. The Hall–Kier alpha value is -1.63. The molecule has 0 radical (unpaired) electrons. The SMILES string of the molecule is CCC(C(=O)O)C(O)(CC(=O)O)C(=O)O. The summed E-state index contributed by atoms with van der Waals surface area (Å²) in [5.74, 6) is -6.60. The molecule has 0 saturated heterocycles. The van der Waals surface area contributed by atoms with E-state index in [0.29, 0.717) is 0 Å². The Labute approximate surface area is 85.0 Å². The molecule has 0 heterocycles. The maximum atomic E-state index is 10.7. The fourth-order valence-corrected chi connectivity index (χ4v) is 1.29. The van der Waals surface area contributed by atoms with Crippen molar-refractivity contribution >= 4 is 17.9 Å². The summed E-state index contributed by atoms with van der Waals surface area (Å²) in [7, 11) is 0. The molecule has 0 rings (SSSR count). The van der Waals surface area contributed by atoms with E-state index in [1.54, 1.807) is 0 Å². The van der Waals surface area contributed by atoms with Gasteiger partial charge in [0.1, 0.15) is 0 Å². The first kappa shape index (κ1) is 13.4. The summed E-state index contributed by atoms with van der Waals surface area (Å²) in [4.78, 5) is 31.7. The van der Waals surface area contributed by atoms with Gasteiger partial charge in [0, 0.05) is 0 Å². The first-order valence-corrected chi connectivity index (χ1v) is 4.16. The average molecular weight is 220 g/mol. The maximum absolute atomic E-state index is 10.7. The number of hydrogen-bond donors (Lipinski definition) is 4. The summed E-state index contributed by atoms with van der Waals surface area (Å²) in [5.41, 5.74) is -2.77. The maximum Gasteiger partial charge on any atom is 0.337 e. The molecule has 0 aliphatic heterocycles. The van der Waals surface area contributed by atoms with Gasteiger partial charge in [-0.25, -0.2) is 4.79 Å². The Bertz CT molecular complexity index is 285. The number of aliphatic carboxylic acids is 3. The Morgan fingerprint density at radius 1 is 1.20 bits per heavy atom. The van der Waals surface area contributed by atoms with Crippen molar-refractivity contribution in [1.29, 1.82) is 0 Å². The Morgan fingerprint density at radius 3 is 1.87 bits per heavy atom.